The lowest BCUT2D eigenvalue weighted by Gasteiger charge is -2.34. The number of ether oxygens (including phenoxy) is 1. The summed E-state index contributed by atoms with van der Waals surface area (Å²) in [6.07, 6.45) is 5.77. The van der Waals surface area contributed by atoms with Gasteiger partial charge in [0.2, 0.25) is 0 Å². The summed E-state index contributed by atoms with van der Waals surface area (Å²) >= 11 is 0. The van der Waals surface area contributed by atoms with Gasteiger partial charge in [0.1, 0.15) is 17.8 Å². The average molecular weight is 528 g/mol. The zero-order valence-corrected chi connectivity index (χ0v) is 22.8. The number of carbonyl (C=O) groups excluding carboxylic acids is 1. The number of rotatable bonds is 7. The SMILES string of the molecule is C=C[C@H](Nc1ccc(-c2cc3c(N4CCOCC4)ncnc3[nH]2)cc1)C1CCN(CC#CC(=O)N(C)C)CC1. The van der Waals surface area contributed by atoms with Crippen LogP contribution in [0.15, 0.2) is 49.3 Å². The first-order chi connectivity index (χ1) is 19.0. The highest BCUT2D eigenvalue weighted by Crippen LogP contribution is 2.30. The molecule has 0 radical (unpaired) electrons. The molecule has 2 aliphatic heterocycles. The zero-order chi connectivity index (χ0) is 27.2. The number of benzene rings is 1. The van der Waals surface area contributed by atoms with Gasteiger partial charge < -0.3 is 24.8 Å². The molecule has 3 aromatic rings. The number of fused-ring (bicyclic) bond motifs is 1. The van der Waals surface area contributed by atoms with E-state index in [2.05, 4.69) is 78.8 Å². The number of likely N-dealkylation sites (tertiary alicyclic amines) is 1. The first-order valence-corrected chi connectivity index (χ1v) is 13.6. The largest absolute Gasteiger partial charge is 0.379 e. The molecule has 39 heavy (non-hydrogen) atoms. The van der Waals surface area contributed by atoms with Crippen molar-refractivity contribution >= 4 is 28.4 Å². The minimum atomic E-state index is -0.150. The molecule has 0 bridgehead atoms. The molecule has 0 spiro atoms. The maximum atomic E-state index is 11.7. The van der Waals surface area contributed by atoms with Crippen LogP contribution in [0.5, 0.6) is 0 Å². The van der Waals surface area contributed by atoms with E-state index in [-0.39, 0.29) is 11.9 Å². The average Bonchev–Trinajstić information content (AvgIpc) is 3.42. The van der Waals surface area contributed by atoms with Crippen LogP contribution in [-0.4, -0.2) is 96.7 Å². The van der Waals surface area contributed by atoms with Crippen LogP contribution in [-0.2, 0) is 9.53 Å². The number of aromatic nitrogens is 3. The summed E-state index contributed by atoms with van der Waals surface area (Å²) in [6, 6.07) is 10.8. The van der Waals surface area contributed by atoms with Crippen molar-refractivity contribution in [2.24, 2.45) is 5.92 Å². The van der Waals surface area contributed by atoms with Crippen LogP contribution in [0, 0.1) is 17.8 Å². The Kier molecular flexibility index (Phi) is 8.45. The maximum absolute atomic E-state index is 11.7. The highest BCUT2D eigenvalue weighted by atomic mass is 16.5. The molecule has 2 fully saturated rings. The van der Waals surface area contributed by atoms with Gasteiger partial charge in [-0.3, -0.25) is 9.69 Å². The molecule has 0 unspecified atom stereocenters. The number of nitrogens with one attached hydrogen (secondary N) is 2. The van der Waals surface area contributed by atoms with E-state index in [9.17, 15) is 4.79 Å². The molecule has 1 aromatic carbocycles. The molecule has 2 N–H and O–H groups in total. The zero-order valence-electron chi connectivity index (χ0n) is 22.8. The van der Waals surface area contributed by atoms with E-state index in [0.717, 1.165) is 86.0 Å². The number of morpholine rings is 1. The highest BCUT2D eigenvalue weighted by Gasteiger charge is 2.24. The predicted molar refractivity (Wildman–Crippen MR) is 156 cm³/mol. The maximum Gasteiger partial charge on any atom is 0.297 e. The molecule has 0 saturated carbocycles. The Morgan fingerprint density at radius 3 is 2.64 bits per heavy atom. The molecule has 0 aliphatic carbocycles. The fraction of sp³-hybridized carbons (Fsp3) is 0.433. The van der Waals surface area contributed by atoms with Gasteiger partial charge in [-0.2, -0.15) is 0 Å². The van der Waals surface area contributed by atoms with Crippen molar-refractivity contribution < 1.29 is 9.53 Å². The molecular weight excluding hydrogens is 490 g/mol. The fourth-order valence-corrected chi connectivity index (χ4v) is 5.23. The van der Waals surface area contributed by atoms with Crippen molar-refractivity contribution in [1.29, 1.82) is 0 Å². The van der Waals surface area contributed by atoms with Crippen molar-refractivity contribution in [3.05, 3.63) is 49.3 Å². The quantitative estimate of drug-likeness (QED) is 0.360. The number of piperidine rings is 1. The lowest BCUT2D eigenvalue weighted by Crippen LogP contribution is -2.39. The molecule has 204 valence electrons. The second-order valence-corrected chi connectivity index (χ2v) is 10.3. The minimum Gasteiger partial charge on any atom is -0.379 e. The molecule has 2 aliphatic rings. The third-order valence-electron chi connectivity index (χ3n) is 7.54. The molecule has 1 atom stereocenters. The van der Waals surface area contributed by atoms with E-state index < -0.39 is 0 Å². The Morgan fingerprint density at radius 1 is 1.21 bits per heavy atom. The molecular formula is C30H37N7O2. The number of H-pyrrole nitrogens is 1. The van der Waals surface area contributed by atoms with Gasteiger partial charge in [0, 0.05) is 44.6 Å². The van der Waals surface area contributed by atoms with Crippen LogP contribution in [0.25, 0.3) is 22.3 Å². The van der Waals surface area contributed by atoms with E-state index in [0.29, 0.717) is 12.5 Å². The lowest BCUT2D eigenvalue weighted by atomic mass is 9.89. The van der Waals surface area contributed by atoms with Gasteiger partial charge in [-0.05, 0) is 61.5 Å². The second kappa shape index (κ2) is 12.3. The van der Waals surface area contributed by atoms with E-state index in [1.54, 1.807) is 20.4 Å². The number of hydrogen-bond donors (Lipinski definition) is 2. The lowest BCUT2D eigenvalue weighted by molar-refractivity contribution is -0.122. The van der Waals surface area contributed by atoms with Gasteiger partial charge in [0.15, 0.2) is 0 Å². The standard InChI is InChI=1S/C30H37N7O2/c1-4-26(23-11-14-36(15-12-23)13-5-6-28(38)35(2)3)33-24-9-7-22(8-10-24)27-20-25-29(34-27)31-21-32-30(25)37-16-18-39-19-17-37/h4,7-10,20-21,23,26,33H,1,11-19H2,2-3H3,(H,31,32,34)/t26-/m0/s1. The molecule has 5 rings (SSSR count). The molecule has 4 heterocycles. The number of anilines is 2. The highest BCUT2D eigenvalue weighted by molar-refractivity contribution is 5.93. The second-order valence-electron chi connectivity index (χ2n) is 10.3. The molecule has 9 heteroatoms. The van der Waals surface area contributed by atoms with Crippen molar-refractivity contribution in [2.75, 3.05) is 70.2 Å². The van der Waals surface area contributed by atoms with Crippen LogP contribution >= 0.6 is 0 Å². The summed E-state index contributed by atoms with van der Waals surface area (Å²) in [6.45, 7) is 9.78. The van der Waals surface area contributed by atoms with Gasteiger partial charge in [0.05, 0.1) is 25.1 Å². The van der Waals surface area contributed by atoms with Crippen LogP contribution in [0.2, 0.25) is 0 Å². The van der Waals surface area contributed by atoms with Crippen LogP contribution in [0.4, 0.5) is 11.5 Å². The fourth-order valence-electron chi connectivity index (χ4n) is 5.23. The smallest absolute Gasteiger partial charge is 0.297 e. The van der Waals surface area contributed by atoms with Crippen LogP contribution in [0.3, 0.4) is 0 Å². The van der Waals surface area contributed by atoms with E-state index >= 15 is 0 Å². The van der Waals surface area contributed by atoms with Crippen molar-refractivity contribution in [3.8, 4) is 23.1 Å². The number of aromatic amines is 1. The van der Waals surface area contributed by atoms with Crippen molar-refractivity contribution in [1.82, 2.24) is 24.8 Å². The van der Waals surface area contributed by atoms with Gasteiger partial charge in [-0.1, -0.05) is 24.1 Å². The van der Waals surface area contributed by atoms with Crippen LogP contribution in [0.1, 0.15) is 12.8 Å². The number of amides is 1. The molecule has 2 aromatic heterocycles. The third-order valence-corrected chi connectivity index (χ3v) is 7.54. The van der Waals surface area contributed by atoms with Gasteiger partial charge in [-0.15, -0.1) is 6.58 Å². The number of carbonyl (C=O) groups is 1. The summed E-state index contributed by atoms with van der Waals surface area (Å²) < 4.78 is 5.50. The number of hydrogen-bond acceptors (Lipinski definition) is 7. The predicted octanol–water partition coefficient (Wildman–Crippen LogP) is 3.23. The molecule has 9 nitrogen and oxygen atoms in total. The Labute approximate surface area is 230 Å². The summed E-state index contributed by atoms with van der Waals surface area (Å²) in [7, 11) is 3.44. The van der Waals surface area contributed by atoms with Gasteiger partial charge >= 0.3 is 0 Å². The topological polar surface area (TPSA) is 89.6 Å². The summed E-state index contributed by atoms with van der Waals surface area (Å²) in [5.41, 5.74) is 4.04. The van der Waals surface area contributed by atoms with E-state index in [1.807, 2.05) is 6.08 Å². The van der Waals surface area contributed by atoms with Gasteiger partial charge in [-0.25, -0.2) is 9.97 Å². The Balaban J connectivity index is 1.19. The van der Waals surface area contributed by atoms with E-state index in [1.165, 1.54) is 4.90 Å². The summed E-state index contributed by atoms with van der Waals surface area (Å²) in [5, 5.41) is 4.71. The summed E-state index contributed by atoms with van der Waals surface area (Å²) in [4.78, 5) is 30.2. The van der Waals surface area contributed by atoms with Crippen LogP contribution < -0.4 is 10.2 Å². The normalized spacial score (nSPS) is 17.3. The Morgan fingerprint density at radius 2 is 1.95 bits per heavy atom. The van der Waals surface area contributed by atoms with E-state index in [4.69, 9.17) is 4.74 Å². The van der Waals surface area contributed by atoms with Gasteiger partial charge in [0.25, 0.3) is 5.91 Å². The third kappa shape index (κ3) is 6.41. The molecule has 1 amide bonds. The summed E-state index contributed by atoms with van der Waals surface area (Å²) in [5.74, 6) is 7.02. The first-order valence-electron chi connectivity index (χ1n) is 13.6. The monoisotopic (exact) mass is 527 g/mol. The Bertz CT molecular complexity index is 1340. The number of nitrogens with zero attached hydrogens (tertiary/aromatic N) is 5. The van der Waals surface area contributed by atoms with Crippen molar-refractivity contribution in [2.45, 2.75) is 18.9 Å². The first kappa shape index (κ1) is 26.7. The molecule has 2 saturated heterocycles. The van der Waals surface area contributed by atoms with Crippen molar-refractivity contribution in [3.63, 3.8) is 0 Å². The Hall–Kier alpha value is -3.87. The minimum absolute atomic E-state index is 0.150.